The summed E-state index contributed by atoms with van der Waals surface area (Å²) >= 11 is 0. The number of aromatic nitrogens is 8. The van der Waals surface area contributed by atoms with Crippen LogP contribution in [0.4, 0.5) is 0 Å². The van der Waals surface area contributed by atoms with Crippen LogP contribution in [-0.4, -0.2) is 46.1 Å². The van der Waals surface area contributed by atoms with Gasteiger partial charge in [0, 0.05) is 0 Å². The summed E-state index contributed by atoms with van der Waals surface area (Å²) in [7, 11) is 0. The lowest BCUT2D eigenvalue weighted by Gasteiger charge is -2.07. The second-order valence-electron chi connectivity index (χ2n) is 5.87. The molecule has 0 aliphatic rings. The van der Waals surface area contributed by atoms with Gasteiger partial charge in [-0.15, -0.1) is 10.2 Å². The third kappa shape index (κ3) is 2.75. The molecule has 0 saturated carbocycles. The predicted molar refractivity (Wildman–Crippen MR) is 93.7 cm³/mol. The Morgan fingerprint density at radius 3 is 1.46 bits per heavy atom. The lowest BCUT2D eigenvalue weighted by molar-refractivity contribution is 0.781. The number of nitrogens with one attached hydrogen (secondary N) is 1. The van der Waals surface area contributed by atoms with E-state index in [9.17, 15) is 0 Å². The Labute approximate surface area is 148 Å². The van der Waals surface area contributed by atoms with E-state index in [-0.39, 0.29) is 17.4 Å². The molecule has 0 amide bonds. The molecule has 0 fully saturated rings. The number of benzene rings is 2. The van der Waals surface area contributed by atoms with Crippen molar-refractivity contribution in [2.75, 3.05) is 0 Å². The Hall–Kier alpha value is -3.75. The molecule has 0 saturated heterocycles. The maximum Gasteiger partial charge on any atom is 0.208 e. The normalized spacial score (nSPS) is 10.8. The van der Waals surface area contributed by atoms with Gasteiger partial charge in [-0.05, 0) is 59.0 Å². The predicted octanol–water partition coefficient (Wildman–Crippen LogP) is 1.67. The van der Waals surface area contributed by atoms with Crippen LogP contribution in [0.1, 0.15) is 22.8 Å². The lowest BCUT2D eigenvalue weighted by atomic mass is 10.2. The SMILES string of the molecule is Cc1ccc(-n2nnnc2C(=N)c2nnnn2-c2ccc(C)cc2)cc1. The Kier molecular flexibility index (Phi) is 3.81. The molecule has 9 heteroatoms. The first kappa shape index (κ1) is 15.8. The maximum absolute atomic E-state index is 8.54. The molecule has 0 aliphatic heterocycles. The minimum atomic E-state index is 0.0288. The molecule has 4 aromatic rings. The van der Waals surface area contributed by atoms with Crippen LogP contribution in [-0.2, 0) is 0 Å². The van der Waals surface area contributed by atoms with E-state index in [2.05, 4.69) is 31.1 Å². The highest BCUT2D eigenvalue weighted by atomic mass is 15.6. The first-order valence-electron chi connectivity index (χ1n) is 7.93. The quantitative estimate of drug-likeness (QED) is 0.563. The standard InChI is InChI=1S/C17H15N9/c1-11-3-7-13(8-4-11)25-16(19-21-23-25)15(18)17-20-22-24-26(17)14-9-5-12(2)6-10-14/h3-10,18H,1-2H3. The fraction of sp³-hybridized carbons (Fsp3) is 0.118. The van der Waals surface area contributed by atoms with E-state index in [1.807, 2.05) is 62.4 Å². The first-order valence-corrected chi connectivity index (χ1v) is 7.93. The Morgan fingerprint density at radius 1 is 0.692 bits per heavy atom. The van der Waals surface area contributed by atoms with Crippen LogP contribution in [0.5, 0.6) is 0 Å². The summed E-state index contributed by atoms with van der Waals surface area (Å²) in [5.74, 6) is 0.522. The van der Waals surface area contributed by atoms with Gasteiger partial charge < -0.3 is 0 Å². The Bertz CT molecular complexity index is 973. The third-order valence-electron chi connectivity index (χ3n) is 3.94. The molecule has 0 radical (unpaired) electrons. The number of hydrogen-bond acceptors (Lipinski definition) is 7. The minimum Gasteiger partial charge on any atom is -0.294 e. The van der Waals surface area contributed by atoms with E-state index in [0.29, 0.717) is 0 Å². The van der Waals surface area contributed by atoms with Gasteiger partial charge in [0.2, 0.25) is 11.6 Å². The summed E-state index contributed by atoms with van der Waals surface area (Å²) in [6, 6.07) is 15.4. The number of rotatable bonds is 4. The molecule has 128 valence electrons. The van der Waals surface area contributed by atoms with E-state index >= 15 is 0 Å². The van der Waals surface area contributed by atoms with Crippen LogP contribution in [0.2, 0.25) is 0 Å². The van der Waals surface area contributed by atoms with Gasteiger partial charge in [0.15, 0.2) is 0 Å². The molecule has 2 aromatic carbocycles. The van der Waals surface area contributed by atoms with E-state index in [4.69, 9.17) is 5.41 Å². The molecule has 26 heavy (non-hydrogen) atoms. The fourth-order valence-electron chi connectivity index (χ4n) is 2.51. The van der Waals surface area contributed by atoms with Gasteiger partial charge in [-0.25, -0.2) is 0 Å². The number of tetrazole rings is 2. The second kappa shape index (κ2) is 6.28. The van der Waals surface area contributed by atoms with Gasteiger partial charge in [-0.1, -0.05) is 35.4 Å². The van der Waals surface area contributed by atoms with Crippen LogP contribution >= 0.6 is 0 Å². The molecular formula is C17H15N9. The van der Waals surface area contributed by atoms with E-state index in [0.717, 1.165) is 22.5 Å². The Balaban J connectivity index is 1.75. The maximum atomic E-state index is 8.54. The molecule has 0 atom stereocenters. The van der Waals surface area contributed by atoms with Crippen LogP contribution in [0.15, 0.2) is 48.5 Å². The van der Waals surface area contributed by atoms with Crippen molar-refractivity contribution in [1.29, 1.82) is 5.41 Å². The van der Waals surface area contributed by atoms with Gasteiger partial charge >= 0.3 is 0 Å². The number of nitrogens with zero attached hydrogens (tertiary/aromatic N) is 8. The largest absolute Gasteiger partial charge is 0.294 e. The van der Waals surface area contributed by atoms with Crippen molar-refractivity contribution in [3.63, 3.8) is 0 Å². The Morgan fingerprint density at radius 2 is 1.08 bits per heavy atom. The minimum absolute atomic E-state index is 0.0288. The molecular weight excluding hydrogens is 330 g/mol. The van der Waals surface area contributed by atoms with Gasteiger partial charge in [-0.3, -0.25) is 5.41 Å². The monoisotopic (exact) mass is 345 g/mol. The van der Waals surface area contributed by atoms with Crippen LogP contribution in [0.25, 0.3) is 11.4 Å². The highest BCUT2D eigenvalue weighted by molar-refractivity contribution is 6.06. The first-order chi connectivity index (χ1) is 12.6. The van der Waals surface area contributed by atoms with Crippen molar-refractivity contribution >= 4 is 5.71 Å². The zero-order valence-corrected chi connectivity index (χ0v) is 14.2. The summed E-state index contributed by atoms with van der Waals surface area (Å²) in [4.78, 5) is 0. The third-order valence-corrected chi connectivity index (χ3v) is 3.94. The summed E-state index contributed by atoms with van der Waals surface area (Å²) in [6.07, 6.45) is 0. The second-order valence-corrected chi connectivity index (χ2v) is 5.87. The zero-order chi connectivity index (χ0) is 18.1. The molecule has 4 rings (SSSR count). The summed E-state index contributed by atoms with van der Waals surface area (Å²) in [6.45, 7) is 4.00. The van der Waals surface area contributed by atoms with Crippen molar-refractivity contribution < 1.29 is 0 Å². The van der Waals surface area contributed by atoms with Crippen LogP contribution in [0.3, 0.4) is 0 Å². The molecule has 0 unspecified atom stereocenters. The molecule has 0 spiro atoms. The average Bonchev–Trinajstić information content (AvgIpc) is 3.32. The van der Waals surface area contributed by atoms with E-state index in [1.165, 1.54) is 9.36 Å². The van der Waals surface area contributed by atoms with Crippen molar-refractivity contribution in [3.05, 3.63) is 71.3 Å². The van der Waals surface area contributed by atoms with Crippen LogP contribution < -0.4 is 0 Å². The molecule has 1 N–H and O–H groups in total. The molecule has 2 heterocycles. The molecule has 9 nitrogen and oxygen atoms in total. The highest BCUT2D eigenvalue weighted by Gasteiger charge is 2.21. The summed E-state index contributed by atoms with van der Waals surface area (Å²) in [5, 5.41) is 31.9. The fourth-order valence-corrected chi connectivity index (χ4v) is 2.51. The lowest BCUT2D eigenvalue weighted by Crippen LogP contribution is -2.16. The number of aryl methyl sites for hydroxylation is 2. The van der Waals surface area contributed by atoms with Gasteiger partial charge in [0.1, 0.15) is 5.71 Å². The van der Waals surface area contributed by atoms with Crippen molar-refractivity contribution in [2.24, 2.45) is 0 Å². The molecule has 2 aromatic heterocycles. The van der Waals surface area contributed by atoms with Crippen molar-refractivity contribution in [1.82, 2.24) is 40.4 Å². The topological polar surface area (TPSA) is 111 Å². The van der Waals surface area contributed by atoms with Gasteiger partial charge in [0.25, 0.3) is 0 Å². The van der Waals surface area contributed by atoms with Crippen molar-refractivity contribution in [2.45, 2.75) is 13.8 Å². The molecule has 0 bridgehead atoms. The van der Waals surface area contributed by atoms with Crippen LogP contribution in [0, 0.1) is 19.3 Å². The van der Waals surface area contributed by atoms with Gasteiger partial charge in [0.05, 0.1) is 11.4 Å². The zero-order valence-electron chi connectivity index (χ0n) is 14.2. The van der Waals surface area contributed by atoms with E-state index in [1.54, 1.807) is 0 Å². The van der Waals surface area contributed by atoms with Crippen molar-refractivity contribution in [3.8, 4) is 11.4 Å². The summed E-state index contributed by atoms with van der Waals surface area (Å²) in [5.41, 5.74) is 3.80. The van der Waals surface area contributed by atoms with E-state index < -0.39 is 0 Å². The molecule has 0 aliphatic carbocycles. The summed E-state index contributed by atoms with van der Waals surface area (Å²) < 4.78 is 2.99. The smallest absolute Gasteiger partial charge is 0.208 e. The number of hydrogen-bond donors (Lipinski definition) is 1. The average molecular weight is 345 g/mol. The highest BCUT2D eigenvalue weighted by Crippen LogP contribution is 2.14. The van der Waals surface area contributed by atoms with Gasteiger partial charge in [-0.2, -0.15) is 9.36 Å².